The molecular weight excluding hydrogens is 356 g/mol. The van der Waals surface area contributed by atoms with Crippen LogP contribution in [0, 0.1) is 0 Å². The Labute approximate surface area is 126 Å². The van der Waals surface area contributed by atoms with Crippen molar-refractivity contribution in [2.24, 2.45) is 0 Å². The van der Waals surface area contributed by atoms with Crippen LogP contribution < -0.4 is 9.47 Å². The first-order chi connectivity index (χ1) is 8.71. The van der Waals surface area contributed by atoms with Gasteiger partial charge in [-0.1, -0.05) is 13.8 Å². The highest BCUT2D eigenvalue weighted by molar-refractivity contribution is 9.10. The highest BCUT2D eigenvalue weighted by Gasteiger charge is 2.22. The van der Waals surface area contributed by atoms with E-state index in [1.165, 1.54) is 7.11 Å². The van der Waals surface area contributed by atoms with E-state index in [4.69, 9.17) is 20.2 Å². The number of methoxy groups -OCH3 is 2. The normalized spacial score (nSPS) is 11.7. The third-order valence-electron chi connectivity index (χ3n) is 2.64. The van der Waals surface area contributed by atoms with Gasteiger partial charge in [0.15, 0.2) is 0 Å². The van der Waals surface area contributed by atoms with Gasteiger partial charge in [0.05, 0.1) is 20.0 Å². The predicted molar refractivity (Wildman–Crippen MR) is 79.8 cm³/mol. The molecule has 7 heteroatoms. The van der Waals surface area contributed by atoms with Gasteiger partial charge in [0.2, 0.25) is 9.05 Å². The summed E-state index contributed by atoms with van der Waals surface area (Å²) in [5.41, 5.74) is 1.40. The van der Waals surface area contributed by atoms with Gasteiger partial charge in [-0.2, -0.15) is 0 Å². The lowest BCUT2D eigenvalue weighted by atomic mass is 9.99. The van der Waals surface area contributed by atoms with Crippen LogP contribution in [0.3, 0.4) is 0 Å². The molecule has 0 saturated heterocycles. The molecule has 0 saturated carbocycles. The maximum absolute atomic E-state index is 11.3. The summed E-state index contributed by atoms with van der Waals surface area (Å²) in [7, 11) is 4.70. The Morgan fingerprint density at radius 2 is 1.79 bits per heavy atom. The average Bonchev–Trinajstić information content (AvgIpc) is 2.26. The molecule has 0 aliphatic rings. The lowest BCUT2D eigenvalue weighted by molar-refractivity contribution is 0.382. The van der Waals surface area contributed by atoms with Gasteiger partial charge in [0.1, 0.15) is 16.0 Å². The van der Waals surface area contributed by atoms with Crippen molar-refractivity contribution in [3.05, 3.63) is 21.7 Å². The lowest BCUT2D eigenvalue weighted by Crippen LogP contribution is -2.04. The minimum absolute atomic E-state index is 0.175. The summed E-state index contributed by atoms with van der Waals surface area (Å²) < 4.78 is 33.8. The van der Waals surface area contributed by atoms with Crippen molar-refractivity contribution < 1.29 is 17.9 Å². The third-order valence-corrected chi connectivity index (χ3v) is 4.34. The number of ether oxygens (including phenoxy) is 2. The fraction of sp³-hybridized carbons (Fsp3) is 0.500. The molecule has 0 atom stereocenters. The summed E-state index contributed by atoms with van der Waals surface area (Å²) in [4.78, 5) is 0. The van der Waals surface area contributed by atoms with Crippen LogP contribution in [0.1, 0.15) is 30.9 Å². The Bertz CT molecular complexity index is 570. The Hall–Kier alpha value is -0.460. The van der Waals surface area contributed by atoms with Crippen molar-refractivity contribution >= 4 is 35.7 Å². The average molecular weight is 372 g/mol. The molecule has 0 fully saturated rings. The summed E-state index contributed by atoms with van der Waals surface area (Å²) in [6.45, 7) is 3.99. The maximum atomic E-state index is 11.3. The fourth-order valence-electron chi connectivity index (χ4n) is 1.84. The molecule has 0 aromatic heterocycles. The maximum Gasteiger partial charge on any atom is 0.236 e. The zero-order valence-corrected chi connectivity index (χ0v) is 14.3. The molecule has 0 N–H and O–H groups in total. The van der Waals surface area contributed by atoms with Gasteiger partial charge >= 0.3 is 0 Å². The molecule has 1 aromatic rings. The van der Waals surface area contributed by atoms with Gasteiger partial charge in [-0.05, 0) is 33.5 Å². The van der Waals surface area contributed by atoms with Gasteiger partial charge in [-0.15, -0.1) is 0 Å². The molecule has 0 aliphatic heterocycles. The first kappa shape index (κ1) is 16.6. The van der Waals surface area contributed by atoms with Crippen molar-refractivity contribution in [3.63, 3.8) is 0 Å². The van der Waals surface area contributed by atoms with Crippen LogP contribution in [0.15, 0.2) is 10.5 Å². The molecule has 4 nitrogen and oxygen atoms in total. The summed E-state index contributed by atoms with van der Waals surface area (Å²) in [6, 6.07) is 1.76. The monoisotopic (exact) mass is 370 g/mol. The topological polar surface area (TPSA) is 52.6 Å². The van der Waals surface area contributed by atoms with Crippen LogP contribution in [0.25, 0.3) is 0 Å². The second kappa shape index (κ2) is 6.33. The van der Waals surface area contributed by atoms with E-state index in [9.17, 15) is 8.42 Å². The molecule has 19 heavy (non-hydrogen) atoms. The second-order valence-corrected chi connectivity index (χ2v) is 7.91. The second-order valence-electron chi connectivity index (χ2n) is 4.34. The molecule has 0 radical (unpaired) electrons. The predicted octanol–water partition coefficient (Wildman–Crippen LogP) is 3.66. The van der Waals surface area contributed by atoms with Crippen molar-refractivity contribution in [3.8, 4) is 11.5 Å². The van der Waals surface area contributed by atoms with Crippen LogP contribution >= 0.6 is 26.6 Å². The zero-order chi connectivity index (χ0) is 14.8. The molecular formula is C12H16BrClO4S. The van der Waals surface area contributed by atoms with Crippen LogP contribution in [0.2, 0.25) is 0 Å². The van der Waals surface area contributed by atoms with Crippen LogP contribution in [0.4, 0.5) is 0 Å². The van der Waals surface area contributed by atoms with E-state index in [1.807, 2.05) is 13.8 Å². The lowest BCUT2D eigenvalue weighted by Gasteiger charge is -2.19. The highest BCUT2D eigenvalue weighted by atomic mass is 79.9. The van der Waals surface area contributed by atoms with Crippen LogP contribution in [0.5, 0.6) is 11.5 Å². The summed E-state index contributed by atoms with van der Waals surface area (Å²) in [5, 5.41) is 0. The van der Waals surface area contributed by atoms with E-state index in [0.29, 0.717) is 21.5 Å². The number of hydrogen-bond donors (Lipinski definition) is 0. The number of halogens is 2. The van der Waals surface area contributed by atoms with Crippen molar-refractivity contribution in [2.45, 2.75) is 25.5 Å². The summed E-state index contributed by atoms with van der Waals surface area (Å²) >= 11 is 3.39. The number of hydrogen-bond acceptors (Lipinski definition) is 4. The largest absolute Gasteiger partial charge is 0.495 e. The molecule has 0 unspecified atom stereocenters. The van der Waals surface area contributed by atoms with Gasteiger partial charge in [-0.3, -0.25) is 0 Å². The summed E-state index contributed by atoms with van der Waals surface area (Å²) in [6.07, 6.45) is 0. The van der Waals surface area contributed by atoms with E-state index in [-0.39, 0.29) is 11.7 Å². The first-order valence-corrected chi connectivity index (χ1v) is 8.84. The fourth-order valence-corrected chi connectivity index (χ4v) is 3.59. The number of benzene rings is 1. The molecule has 0 spiro atoms. The van der Waals surface area contributed by atoms with Crippen molar-refractivity contribution in [1.29, 1.82) is 0 Å². The van der Waals surface area contributed by atoms with Gasteiger partial charge in [0.25, 0.3) is 0 Å². The SMILES string of the molecule is COc1c(CS(=O)(=O)Cl)cc(C(C)C)c(OC)c1Br. The summed E-state index contributed by atoms with van der Waals surface area (Å²) in [5.74, 6) is 0.946. The van der Waals surface area contributed by atoms with E-state index >= 15 is 0 Å². The third kappa shape index (κ3) is 4.00. The molecule has 0 bridgehead atoms. The van der Waals surface area contributed by atoms with E-state index in [0.717, 1.165) is 5.56 Å². The Morgan fingerprint density at radius 3 is 2.16 bits per heavy atom. The molecule has 0 amide bonds. The quantitative estimate of drug-likeness (QED) is 0.741. The smallest absolute Gasteiger partial charge is 0.236 e. The zero-order valence-electron chi connectivity index (χ0n) is 11.2. The molecule has 108 valence electrons. The minimum atomic E-state index is -3.66. The van der Waals surface area contributed by atoms with Crippen molar-refractivity contribution in [2.75, 3.05) is 14.2 Å². The van der Waals surface area contributed by atoms with E-state index < -0.39 is 9.05 Å². The first-order valence-electron chi connectivity index (χ1n) is 5.56. The molecule has 0 heterocycles. The van der Waals surface area contributed by atoms with Crippen LogP contribution in [-0.2, 0) is 14.8 Å². The number of rotatable bonds is 5. The molecule has 1 aromatic carbocycles. The van der Waals surface area contributed by atoms with Crippen molar-refractivity contribution in [1.82, 2.24) is 0 Å². The van der Waals surface area contributed by atoms with Crippen LogP contribution in [-0.4, -0.2) is 22.6 Å². The minimum Gasteiger partial charge on any atom is -0.495 e. The highest BCUT2D eigenvalue weighted by Crippen LogP contribution is 2.43. The Kier molecular flexibility index (Phi) is 5.53. The Balaban J connectivity index is 3.54. The molecule has 0 aliphatic carbocycles. The van der Waals surface area contributed by atoms with Gasteiger partial charge in [-0.25, -0.2) is 8.42 Å². The molecule has 1 rings (SSSR count). The van der Waals surface area contributed by atoms with E-state index in [1.54, 1.807) is 13.2 Å². The van der Waals surface area contributed by atoms with E-state index in [2.05, 4.69) is 15.9 Å². The Morgan fingerprint density at radius 1 is 1.26 bits per heavy atom. The van der Waals surface area contributed by atoms with Gasteiger partial charge in [0, 0.05) is 16.2 Å². The van der Waals surface area contributed by atoms with Gasteiger partial charge < -0.3 is 9.47 Å². The standard InChI is InChI=1S/C12H16BrClO4S/c1-7(2)9-5-8(6-19(14,15)16)11(17-3)10(13)12(9)18-4/h5,7H,6H2,1-4H3.